The summed E-state index contributed by atoms with van der Waals surface area (Å²) in [6.07, 6.45) is 0. The number of carboxylic acids is 1. The van der Waals surface area contributed by atoms with Gasteiger partial charge in [0.05, 0.1) is 15.2 Å². The van der Waals surface area contributed by atoms with Crippen molar-refractivity contribution in [2.75, 3.05) is 0 Å². The molecule has 0 heterocycles. The van der Waals surface area contributed by atoms with Gasteiger partial charge < -0.3 is 10.8 Å². The van der Waals surface area contributed by atoms with Crippen molar-refractivity contribution in [2.45, 2.75) is 11.7 Å². The molecule has 0 saturated carbocycles. The second kappa shape index (κ2) is 4.87. The molecule has 0 aliphatic carbocycles. The fourth-order valence-electron chi connectivity index (χ4n) is 0.962. The van der Waals surface area contributed by atoms with Crippen molar-refractivity contribution in [3.05, 3.63) is 35.6 Å². The summed E-state index contributed by atoms with van der Waals surface area (Å²) < 4.78 is 12.7. The van der Waals surface area contributed by atoms with E-state index in [9.17, 15) is 9.18 Å². The first-order valence-electron chi connectivity index (χ1n) is 4.06. The van der Waals surface area contributed by atoms with Gasteiger partial charge in [-0.05, 0) is 23.7 Å². The Kier molecular flexibility index (Phi) is 3.79. The van der Waals surface area contributed by atoms with Gasteiger partial charge in [-0.2, -0.15) is 0 Å². The molecule has 14 heavy (non-hydrogen) atoms. The molecule has 1 aromatic rings. The molecule has 5 heteroatoms. The fourth-order valence-corrected chi connectivity index (χ4v) is 1.81. The summed E-state index contributed by atoms with van der Waals surface area (Å²) in [4.78, 5) is 10.4. The average Bonchev–Trinajstić information content (AvgIpc) is 2.14. The summed E-state index contributed by atoms with van der Waals surface area (Å²) in [5.74, 6) is -1.32. The van der Waals surface area contributed by atoms with Gasteiger partial charge in [-0.25, -0.2) is 4.39 Å². The van der Waals surface area contributed by atoms with Crippen LogP contribution in [0.3, 0.4) is 0 Å². The van der Waals surface area contributed by atoms with Gasteiger partial charge in [0.25, 0.3) is 0 Å². The zero-order chi connectivity index (χ0) is 10.6. The summed E-state index contributed by atoms with van der Waals surface area (Å²) in [5.41, 5.74) is 5.25. The quantitative estimate of drug-likeness (QED) is 0.709. The number of hydrogen-bond acceptors (Lipinski definition) is 2. The van der Waals surface area contributed by atoms with Gasteiger partial charge in [0, 0.05) is 0 Å². The Hall–Kier alpha value is -1.20. The van der Waals surface area contributed by atoms with E-state index in [0.717, 1.165) is 5.56 Å². The molecule has 0 bridgehead atoms. The Morgan fingerprint density at radius 2 is 2.36 bits per heavy atom. The number of halogens is 1. The predicted octanol–water partition coefficient (Wildman–Crippen LogP) is 0.399. The molecule has 3 nitrogen and oxygen atoms in total. The smallest absolute Gasteiger partial charge is 0.316 e. The number of benzene rings is 1. The summed E-state index contributed by atoms with van der Waals surface area (Å²) in [5, 5.41) is 8.52. The lowest BCUT2D eigenvalue weighted by atomic mass is 10.2. The largest absolute Gasteiger partial charge is 0.480 e. The zero-order valence-electron chi connectivity index (χ0n) is 7.40. The fraction of sp³-hybridized carbons (Fsp3) is 0.222. The Morgan fingerprint density at radius 3 is 2.93 bits per heavy atom. The van der Waals surface area contributed by atoms with Crippen LogP contribution in [0.2, 0.25) is 0 Å². The molecular weight excluding hydrogens is 201 g/mol. The third kappa shape index (κ3) is 3.27. The lowest BCUT2D eigenvalue weighted by Crippen LogP contribution is -2.37. The molecule has 1 atom stereocenters. The third-order valence-corrected chi connectivity index (χ3v) is 2.98. The van der Waals surface area contributed by atoms with Crippen LogP contribution >= 0.6 is 0 Å². The predicted molar refractivity (Wildman–Crippen MR) is 51.5 cm³/mol. The van der Waals surface area contributed by atoms with Gasteiger partial charge in [-0.1, -0.05) is 12.1 Å². The summed E-state index contributed by atoms with van der Waals surface area (Å²) >= 11 is 0. The Balaban J connectivity index is 2.49. The van der Waals surface area contributed by atoms with Gasteiger partial charge in [0.15, 0.2) is 0 Å². The molecule has 0 aliphatic rings. The molecule has 0 saturated heterocycles. The zero-order valence-corrected chi connectivity index (χ0v) is 8.40. The molecule has 0 amide bonds. The van der Waals surface area contributed by atoms with Crippen LogP contribution in [0.1, 0.15) is 5.56 Å². The topological polar surface area (TPSA) is 63.3 Å². The van der Waals surface area contributed by atoms with Crippen molar-refractivity contribution in [3.8, 4) is 0 Å². The minimum atomic E-state index is -1.01. The normalized spacial score (nSPS) is 12.4. The maximum absolute atomic E-state index is 12.7. The number of aliphatic carboxylic acids is 1. The summed E-state index contributed by atoms with van der Waals surface area (Å²) in [6.45, 7) is 0. The molecule has 0 spiro atoms. The highest BCUT2D eigenvalue weighted by atomic mass is 28.2. The molecule has 3 N–H and O–H groups in total. The SMILES string of the molecule is N[C@@H]([Si]Cc1cccc(F)c1)C(=O)O. The molecule has 1 aromatic carbocycles. The van der Waals surface area contributed by atoms with Crippen LogP contribution in [0.25, 0.3) is 0 Å². The van der Waals surface area contributed by atoms with E-state index in [0.29, 0.717) is 6.04 Å². The standard InChI is InChI=1S/C9H10FNO2Si/c10-7-3-1-2-6(4-7)5-14-8(11)9(12)13/h1-4,8H,5,11H2,(H,12,13)/t8-/m0/s1. The monoisotopic (exact) mass is 211 g/mol. The van der Waals surface area contributed by atoms with Crippen molar-refractivity contribution in [1.82, 2.24) is 0 Å². The summed E-state index contributed by atoms with van der Waals surface area (Å²) in [7, 11) is 0.0717. The first-order chi connectivity index (χ1) is 6.59. The molecule has 0 unspecified atom stereocenters. The van der Waals surface area contributed by atoms with E-state index in [1.54, 1.807) is 12.1 Å². The number of carbonyl (C=O) groups is 1. The minimum Gasteiger partial charge on any atom is -0.480 e. The lowest BCUT2D eigenvalue weighted by Gasteiger charge is -2.04. The van der Waals surface area contributed by atoms with Crippen molar-refractivity contribution in [2.24, 2.45) is 5.73 Å². The average molecular weight is 211 g/mol. The molecule has 0 aromatic heterocycles. The van der Waals surface area contributed by atoms with Gasteiger partial charge in [0.1, 0.15) is 5.82 Å². The molecule has 0 aliphatic heterocycles. The van der Waals surface area contributed by atoms with Gasteiger partial charge in [-0.3, -0.25) is 4.79 Å². The summed E-state index contributed by atoms with van der Waals surface area (Å²) in [6, 6.07) is 6.60. The molecule has 2 radical (unpaired) electrons. The van der Waals surface area contributed by atoms with Crippen LogP contribution < -0.4 is 5.73 Å². The van der Waals surface area contributed by atoms with Crippen LogP contribution in [0.5, 0.6) is 0 Å². The van der Waals surface area contributed by atoms with Crippen molar-refractivity contribution in [1.29, 1.82) is 0 Å². The molecular formula is C9H10FNO2Si. The van der Waals surface area contributed by atoms with Crippen molar-refractivity contribution < 1.29 is 14.3 Å². The van der Waals surface area contributed by atoms with Gasteiger partial charge in [-0.15, -0.1) is 0 Å². The van der Waals surface area contributed by atoms with E-state index in [-0.39, 0.29) is 15.3 Å². The molecule has 0 fully saturated rings. The first-order valence-corrected chi connectivity index (χ1v) is 5.34. The second-order valence-electron chi connectivity index (χ2n) is 2.83. The Labute approximate surface area is 83.6 Å². The first kappa shape index (κ1) is 10.9. The maximum atomic E-state index is 12.7. The number of carboxylic acid groups (broad SMARTS) is 1. The number of hydrogen-bond donors (Lipinski definition) is 2. The Bertz CT molecular complexity index is 332. The maximum Gasteiger partial charge on any atom is 0.316 e. The van der Waals surface area contributed by atoms with E-state index >= 15 is 0 Å². The third-order valence-electron chi connectivity index (χ3n) is 1.68. The highest BCUT2D eigenvalue weighted by Crippen LogP contribution is 2.03. The Morgan fingerprint density at radius 1 is 1.64 bits per heavy atom. The van der Waals surface area contributed by atoms with Crippen LogP contribution in [0, 0.1) is 5.82 Å². The van der Waals surface area contributed by atoms with E-state index < -0.39 is 11.6 Å². The van der Waals surface area contributed by atoms with E-state index in [1.165, 1.54) is 12.1 Å². The second-order valence-corrected chi connectivity index (χ2v) is 4.21. The highest BCUT2D eigenvalue weighted by molar-refractivity contribution is 6.43. The van der Waals surface area contributed by atoms with E-state index in [1.807, 2.05) is 0 Å². The lowest BCUT2D eigenvalue weighted by molar-refractivity contribution is -0.136. The minimum absolute atomic E-state index is 0.0717. The van der Waals surface area contributed by atoms with E-state index in [4.69, 9.17) is 10.8 Å². The van der Waals surface area contributed by atoms with Crippen LogP contribution in [-0.4, -0.2) is 26.3 Å². The van der Waals surface area contributed by atoms with Crippen LogP contribution in [0.4, 0.5) is 4.39 Å². The van der Waals surface area contributed by atoms with Gasteiger partial charge >= 0.3 is 5.97 Å². The van der Waals surface area contributed by atoms with Crippen molar-refractivity contribution >= 4 is 15.5 Å². The van der Waals surface area contributed by atoms with Crippen molar-refractivity contribution in [3.63, 3.8) is 0 Å². The molecule has 74 valence electrons. The van der Waals surface area contributed by atoms with Crippen LogP contribution in [0.15, 0.2) is 24.3 Å². The highest BCUT2D eigenvalue weighted by Gasteiger charge is 2.11. The number of nitrogens with two attached hydrogens (primary N) is 1. The van der Waals surface area contributed by atoms with Gasteiger partial charge in [0.2, 0.25) is 0 Å². The molecule has 1 rings (SSSR count). The number of rotatable bonds is 4. The van der Waals surface area contributed by atoms with E-state index in [2.05, 4.69) is 0 Å². The van der Waals surface area contributed by atoms with Crippen LogP contribution in [-0.2, 0) is 10.8 Å².